The Hall–Kier alpha value is -4.14. The number of allylic oxidation sites excluding steroid dienone is 6. The van der Waals surface area contributed by atoms with Crippen LogP contribution >= 0.6 is 0 Å². The minimum absolute atomic E-state index is 0.0141. The molecule has 75 heavy (non-hydrogen) atoms. The zero-order valence-electron chi connectivity index (χ0n) is 46.8. The molecule has 2 saturated heterocycles. The lowest BCUT2D eigenvalue weighted by molar-refractivity contribution is -0.266. The molecule has 0 radical (unpaired) electrons. The molecule has 0 aromatic heterocycles. The summed E-state index contributed by atoms with van der Waals surface area (Å²) >= 11 is 0. The first-order chi connectivity index (χ1) is 35.7. The van der Waals surface area contributed by atoms with E-state index in [0.29, 0.717) is 76.6 Å². The standard InChI is InChI=1S/C57H91N5O13/c1-12-27-72-47-33-43-23-21-41(8)57(69,75-43)54(66)55(67)62-26-17-16-20-44(62)56(68)74-48(38(5)31-42-22-24-46(49(32-42)70-10)73-28-25-50-58-60-61(9)59-50)34-45(63)37(4)30-40(7)52(65)53(71-11)51(64)39(6)29-35(2)18-14-13-15-19-36(47)3/h13-15,18-19,30,35,37-39,41-44,46-49,52-53,60,65,69H,12,16-17,20-29,31-34H2,1-11H3,(H,58,59)/b15-13+,18-14+,36-19+,40-30+. The lowest BCUT2D eigenvalue weighted by Gasteiger charge is -2.43. The number of carbonyl (C=O) groups excluding carboxylic acids is 5. The van der Waals surface area contributed by atoms with Crippen LogP contribution in [0.15, 0.2) is 52.7 Å². The predicted molar refractivity (Wildman–Crippen MR) is 284 cm³/mol. The minimum atomic E-state index is -2.44. The fourth-order valence-corrected chi connectivity index (χ4v) is 11.3. The molecular formula is C57H91N5O13. The summed E-state index contributed by atoms with van der Waals surface area (Å²) in [7, 11) is 4.88. The zero-order valence-corrected chi connectivity index (χ0v) is 46.8. The van der Waals surface area contributed by atoms with Crippen LogP contribution in [0.4, 0.5) is 0 Å². The number of nitrogens with one attached hydrogen (secondary N) is 2. The van der Waals surface area contributed by atoms with E-state index in [-0.39, 0.29) is 60.9 Å². The molecule has 422 valence electrons. The van der Waals surface area contributed by atoms with E-state index in [2.05, 4.69) is 16.1 Å². The van der Waals surface area contributed by atoms with E-state index in [9.17, 15) is 34.2 Å². The van der Waals surface area contributed by atoms with Gasteiger partial charge >= 0.3 is 5.97 Å². The molecule has 1 saturated carbocycles. The maximum atomic E-state index is 14.6. The van der Waals surface area contributed by atoms with E-state index >= 15 is 0 Å². The van der Waals surface area contributed by atoms with Gasteiger partial charge in [0, 0.05) is 71.4 Å². The van der Waals surface area contributed by atoms with Gasteiger partial charge in [0.15, 0.2) is 5.78 Å². The zero-order chi connectivity index (χ0) is 55.0. The second-order valence-corrected chi connectivity index (χ2v) is 22.1. The summed E-state index contributed by atoms with van der Waals surface area (Å²) in [6.45, 7) is 15.9. The van der Waals surface area contributed by atoms with Crippen molar-refractivity contribution in [3.8, 4) is 0 Å². The van der Waals surface area contributed by atoms with Crippen LogP contribution in [-0.4, -0.2) is 151 Å². The van der Waals surface area contributed by atoms with Crippen LogP contribution in [0, 0.1) is 35.5 Å². The number of piperidine rings is 1. The van der Waals surface area contributed by atoms with Gasteiger partial charge in [0.25, 0.3) is 11.7 Å². The number of rotatable bonds is 12. The van der Waals surface area contributed by atoms with E-state index in [4.69, 9.17) is 28.4 Å². The number of ether oxygens (including phenoxy) is 6. The maximum Gasteiger partial charge on any atom is 0.329 e. The summed E-state index contributed by atoms with van der Waals surface area (Å²) in [4.78, 5) is 72.9. The van der Waals surface area contributed by atoms with Gasteiger partial charge in [-0.2, -0.15) is 0 Å². The Labute approximate surface area is 446 Å². The highest BCUT2D eigenvalue weighted by molar-refractivity contribution is 6.39. The molecule has 0 aromatic carbocycles. The molecule has 18 heteroatoms. The molecule has 1 amide bonds. The Morgan fingerprint density at radius 2 is 1.65 bits per heavy atom. The van der Waals surface area contributed by atoms with Crippen LogP contribution in [0.3, 0.4) is 0 Å². The van der Waals surface area contributed by atoms with Crippen LogP contribution in [0.25, 0.3) is 0 Å². The van der Waals surface area contributed by atoms with Crippen LogP contribution in [0.2, 0.25) is 0 Å². The highest BCUT2D eigenvalue weighted by Gasteiger charge is 2.53. The molecule has 4 aliphatic heterocycles. The number of hydrazine groups is 2. The molecule has 5 aliphatic rings. The summed E-state index contributed by atoms with van der Waals surface area (Å²) in [6.07, 6.45) is 13.7. The van der Waals surface area contributed by atoms with Gasteiger partial charge < -0.3 is 43.5 Å². The molecule has 1 aliphatic carbocycles. The first-order valence-electron chi connectivity index (χ1n) is 27.7. The van der Waals surface area contributed by atoms with Crippen molar-refractivity contribution in [2.24, 2.45) is 40.6 Å². The van der Waals surface area contributed by atoms with Gasteiger partial charge in [0.1, 0.15) is 36.0 Å². The Kier molecular flexibility index (Phi) is 24.3. The number of carbonyl (C=O) groups is 5. The Balaban J connectivity index is 1.43. The number of hydrogen-bond acceptors (Lipinski definition) is 17. The van der Waals surface area contributed by atoms with Crippen LogP contribution in [0.5, 0.6) is 0 Å². The second kappa shape index (κ2) is 29.6. The third kappa shape index (κ3) is 17.2. The average molecular weight is 1050 g/mol. The van der Waals surface area contributed by atoms with Crippen LogP contribution in [0.1, 0.15) is 145 Å². The maximum absolute atomic E-state index is 14.6. The number of aliphatic hydroxyl groups is 2. The normalized spacial score (nSPS) is 37.7. The second-order valence-electron chi connectivity index (χ2n) is 22.1. The van der Waals surface area contributed by atoms with Gasteiger partial charge in [-0.1, -0.05) is 78.0 Å². The number of amides is 1. The van der Waals surface area contributed by atoms with E-state index < -0.39 is 77.8 Å². The number of methoxy groups -OCH3 is 2. The number of hydrogen-bond donors (Lipinski definition) is 4. The predicted octanol–water partition coefficient (Wildman–Crippen LogP) is 6.64. The lowest BCUT2D eigenvalue weighted by Crippen LogP contribution is -2.61. The molecule has 18 nitrogen and oxygen atoms in total. The topological polar surface area (TPSA) is 224 Å². The van der Waals surface area contributed by atoms with Crippen molar-refractivity contribution in [3.05, 3.63) is 47.6 Å². The van der Waals surface area contributed by atoms with E-state index in [1.807, 2.05) is 72.0 Å². The van der Waals surface area contributed by atoms with Gasteiger partial charge in [0.05, 0.1) is 31.0 Å². The van der Waals surface area contributed by atoms with Gasteiger partial charge in [-0.25, -0.2) is 10.3 Å². The van der Waals surface area contributed by atoms with Crippen molar-refractivity contribution in [2.45, 2.75) is 200 Å². The SMILES string of the molecule is CCCOC1CC2CCC(C)C(O)(O2)C(=O)C(=O)N2CCCCC2C(=O)OC(C(C)CC2CCC(OCCC3=NNN(C)N3)C(OC)C2)CC(=O)C(C)/C=C(\C)C(O)C(OC)C(=O)C(C)CC(C)/C=C/C=C/C=C/1C. The number of amidine groups is 1. The summed E-state index contributed by atoms with van der Waals surface area (Å²) in [5.74, 6) is -7.14. The summed E-state index contributed by atoms with van der Waals surface area (Å²) in [6, 6.07) is -1.15. The van der Waals surface area contributed by atoms with Crippen molar-refractivity contribution >= 4 is 35.1 Å². The highest BCUT2D eigenvalue weighted by atomic mass is 16.6. The number of hydrazone groups is 1. The molecule has 15 unspecified atom stereocenters. The van der Waals surface area contributed by atoms with Crippen molar-refractivity contribution in [2.75, 3.05) is 41.0 Å². The third-order valence-electron chi connectivity index (χ3n) is 16.0. The number of esters is 1. The smallest absolute Gasteiger partial charge is 0.329 e. The van der Waals surface area contributed by atoms with Crippen molar-refractivity contribution in [1.29, 1.82) is 0 Å². The largest absolute Gasteiger partial charge is 0.460 e. The molecule has 0 aromatic rings. The van der Waals surface area contributed by atoms with Gasteiger partial charge in [-0.3, -0.25) is 24.6 Å². The van der Waals surface area contributed by atoms with E-state index in [1.165, 1.54) is 12.0 Å². The number of Topliss-reactive ketones (excluding diaryl/α,β-unsaturated/α-hetero) is 3. The van der Waals surface area contributed by atoms with Crippen molar-refractivity contribution in [1.82, 2.24) is 21.0 Å². The number of nitrogens with zero attached hydrogens (tertiary/aromatic N) is 3. The molecular weight excluding hydrogens is 963 g/mol. The van der Waals surface area contributed by atoms with Gasteiger partial charge in [0.2, 0.25) is 5.79 Å². The Bertz CT molecular complexity index is 2080. The first kappa shape index (κ1) is 61.7. The number of cyclic esters (lactones) is 1. The average Bonchev–Trinajstić information content (AvgIpc) is 3.81. The fraction of sp³-hybridized carbons (Fsp3) is 0.754. The molecule has 3 fully saturated rings. The molecule has 2 bridgehead atoms. The Morgan fingerprint density at radius 3 is 2.35 bits per heavy atom. The van der Waals surface area contributed by atoms with Gasteiger partial charge in [-0.05, 0) is 113 Å². The summed E-state index contributed by atoms with van der Waals surface area (Å²) < 4.78 is 36.8. The van der Waals surface area contributed by atoms with Crippen LogP contribution < -0.4 is 11.0 Å². The molecule has 15 atom stereocenters. The van der Waals surface area contributed by atoms with Crippen molar-refractivity contribution < 1.29 is 62.6 Å². The minimum Gasteiger partial charge on any atom is -0.460 e. The monoisotopic (exact) mass is 1050 g/mol. The van der Waals surface area contributed by atoms with Crippen LogP contribution in [-0.2, 0) is 52.4 Å². The number of ketones is 3. The third-order valence-corrected chi connectivity index (χ3v) is 16.0. The lowest BCUT2D eigenvalue weighted by atomic mass is 9.78. The van der Waals surface area contributed by atoms with Crippen molar-refractivity contribution in [3.63, 3.8) is 0 Å². The highest BCUT2D eigenvalue weighted by Crippen LogP contribution is 2.38. The summed E-state index contributed by atoms with van der Waals surface area (Å²) in [5, 5.41) is 29.6. The first-order valence-corrected chi connectivity index (χ1v) is 27.7. The fourth-order valence-electron chi connectivity index (χ4n) is 11.3. The van der Waals surface area contributed by atoms with E-state index in [0.717, 1.165) is 30.7 Å². The molecule has 0 spiro atoms. The number of aliphatic hydroxyl groups excluding tert-OH is 1. The van der Waals surface area contributed by atoms with E-state index in [1.54, 1.807) is 39.1 Å². The molecule has 5 rings (SSSR count). The summed E-state index contributed by atoms with van der Waals surface area (Å²) in [5.41, 5.74) is 7.24. The molecule has 4 N–H and O–H groups in total. The Morgan fingerprint density at radius 1 is 0.893 bits per heavy atom. The number of fused-ring (bicyclic) bond motifs is 3. The van der Waals surface area contributed by atoms with Gasteiger partial charge in [-0.15, -0.1) is 10.2 Å². The quantitative estimate of drug-likeness (QED) is 0.0913. The molecule has 4 heterocycles.